The molecule has 0 unspecified atom stereocenters. The quantitative estimate of drug-likeness (QED) is 0.296. The summed E-state index contributed by atoms with van der Waals surface area (Å²) in [6.45, 7) is 3.86. The highest BCUT2D eigenvalue weighted by atomic mass is 79.9. The van der Waals surface area contributed by atoms with Crippen LogP contribution in [0.25, 0.3) is 6.08 Å². The summed E-state index contributed by atoms with van der Waals surface area (Å²) in [4.78, 5) is 36.5. The molecular formula is C22H20BrN3O5S. The lowest BCUT2D eigenvalue weighted by Crippen LogP contribution is -2.51. The number of carbonyl (C=O) groups is 3. The predicted octanol–water partition coefficient (Wildman–Crippen LogP) is 3.09. The molecule has 10 heteroatoms. The van der Waals surface area contributed by atoms with E-state index in [4.69, 9.17) is 21.7 Å². The van der Waals surface area contributed by atoms with Crippen molar-refractivity contribution in [2.24, 2.45) is 0 Å². The zero-order chi connectivity index (χ0) is 23.3. The van der Waals surface area contributed by atoms with Gasteiger partial charge in [-0.1, -0.05) is 17.7 Å². The van der Waals surface area contributed by atoms with Crippen LogP contribution >= 0.6 is 28.1 Å². The maximum absolute atomic E-state index is 12.3. The average molecular weight is 518 g/mol. The lowest BCUT2D eigenvalue weighted by atomic mass is 10.1. The molecule has 0 bridgehead atoms. The summed E-state index contributed by atoms with van der Waals surface area (Å²) < 4.78 is 11.8. The van der Waals surface area contributed by atoms with Gasteiger partial charge in [0.1, 0.15) is 5.57 Å². The molecule has 32 heavy (non-hydrogen) atoms. The molecule has 2 aromatic carbocycles. The van der Waals surface area contributed by atoms with E-state index in [-0.39, 0.29) is 23.2 Å². The van der Waals surface area contributed by atoms with Crippen molar-refractivity contribution in [2.45, 2.75) is 13.8 Å². The van der Waals surface area contributed by atoms with E-state index in [1.54, 1.807) is 31.2 Å². The van der Waals surface area contributed by atoms with Crippen LogP contribution in [0.3, 0.4) is 0 Å². The molecular weight excluding hydrogens is 498 g/mol. The second-order valence-corrected chi connectivity index (χ2v) is 8.02. The summed E-state index contributed by atoms with van der Waals surface area (Å²) in [7, 11) is 0. The molecule has 0 atom stereocenters. The standard InChI is InChI=1S/C22H20BrN3O5S/c1-3-30-17-10-13(8-15-20(28)25-22(32)26-21(15)29)9-16(23)19(17)31-11-18(27)24-14-6-4-12(2)5-7-14/h4-10H,3,11H2,1-2H3,(H,24,27)(H2,25,26,28,29,32). The number of halogens is 1. The minimum absolute atomic E-state index is 0.0407. The Labute approximate surface area is 198 Å². The first-order valence-electron chi connectivity index (χ1n) is 9.61. The summed E-state index contributed by atoms with van der Waals surface area (Å²) in [5.74, 6) is -0.849. The van der Waals surface area contributed by atoms with Gasteiger partial charge in [0.05, 0.1) is 11.1 Å². The summed E-state index contributed by atoms with van der Waals surface area (Å²) in [5.41, 5.74) is 2.17. The zero-order valence-electron chi connectivity index (χ0n) is 17.3. The molecule has 3 N–H and O–H groups in total. The first kappa shape index (κ1) is 23.4. The van der Waals surface area contributed by atoms with E-state index in [9.17, 15) is 14.4 Å². The largest absolute Gasteiger partial charge is 0.490 e. The SMILES string of the molecule is CCOc1cc(C=C2C(=O)NC(=S)NC2=O)cc(Br)c1OCC(=O)Nc1ccc(C)cc1. The van der Waals surface area contributed by atoms with Crippen LogP contribution in [0.15, 0.2) is 46.4 Å². The summed E-state index contributed by atoms with van der Waals surface area (Å²) >= 11 is 8.21. The molecule has 1 heterocycles. The van der Waals surface area contributed by atoms with Gasteiger partial charge < -0.3 is 14.8 Å². The summed E-state index contributed by atoms with van der Waals surface area (Å²) in [6.07, 6.45) is 1.41. The maximum atomic E-state index is 12.3. The number of rotatable bonds is 7. The highest BCUT2D eigenvalue weighted by Crippen LogP contribution is 2.37. The van der Waals surface area contributed by atoms with E-state index >= 15 is 0 Å². The molecule has 166 valence electrons. The molecule has 0 radical (unpaired) electrons. The molecule has 1 fully saturated rings. The van der Waals surface area contributed by atoms with Gasteiger partial charge in [-0.15, -0.1) is 0 Å². The van der Waals surface area contributed by atoms with E-state index in [2.05, 4.69) is 31.9 Å². The molecule has 0 aliphatic carbocycles. The minimum atomic E-state index is -0.596. The van der Waals surface area contributed by atoms with Gasteiger partial charge >= 0.3 is 0 Å². The minimum Gasteiger partial charge on any atom is -0.490 e. The number of nitrogens with one attached hydrogen (secondary N) is 3. The Morgan fingerprint density at radius 2 is 1.78 bits per heavy atom. The van der Waals surface area contributed by atoms with Crippen molar-refractivity contribution in [3.8, 4) is 11.5 Å². The van der Waals surface area contributed by atoms with Gasteiger partial charge in [0.25, 0.3) is 17.7 Å². The Morgan fingerprint density at radius 3 is 2.41 bits per heavy atom. The summed E-state index contributed by atoms with van der Waals surface area (Å²) in [6, 6.07) is 10.7. The fourth-order valence-corrected chi connectivity index (χ4v) is 3.58. The predicted molar refractivity (Wildman–Crippen MR) is 127 cm³/mol. The number of ether oxygens (including phenoxy) is 2. The number of aryl methyl sites for hydroxylation is 1. The zero-order valence-corrected chi connectivity index (χ0v) is 19.7. The number of hydrogen-bond donors (Lipinski definition) is 3. The molecule has 8 nitrogen and oxygen atoms in total. The van der Waals surface area contributed by atoms with Crippen LogP contribution in [0.1, 0.15) is 18.1 Å². The molecule has 1 aliphatic rings. The smallest absolute Gasteiger partial charge is 0.263 e. The van der Waals surface area contributed by atoms with Crippen LogP contribution in [0, 0.1) is 6.92 Å². The van der Waals surface area contributed by atoms with Crippen molar-refractivity contribution in [3.05, 3.63) is 57.6 Å². The van der Waals surface area contributed by atoms with Gasteiger partial charge in [-0.2, -0.15) is 0 Å². The molecule has 0 spiro atoms. The van der Waals surface area contributed by atoms with Crippen molar-refractivity contribution in [3.63, 3.8) is 0 Å². The Morgan fingerprint density at radius 1 is 1.12 bits per heavy atom. The van der Waals surface area contributed by atoms with Gasteiger partial charge in [-0.3, -0.25) is 25.0 Å². The van der Waals surface area contributed by atoms with Crippen LogP contribution < -0.4 is 25.4 Å². The lowest BCUT2D eigenvalue weighted by molar-refractivity contribution is -0.123. The van der Waals surface area contributed by atoms with Crippen molar-refractivity contribution in [1.29, 1.82) is 0 Å². The van der Waals surface area contributed by atoms with Crippen LogP contribution in [0.2, 0.25) is 0 Å². The van der Waals surface area contributed by atoms with Crippen LogP contribution in [0.5, 0.6) is 11.5 Å². The van der Waals surface area contributed by atoms with Gasteiger partial charge in [0, 0.05) is 5.69 Å². The first-order valence-corrected chi connectivity index (χ1v) is 10.8. The van der Waals surface area contributed by atoms with Crippen molar-refractivity contribution < 1.29 is 23.9 Å². The van der Waals surface area contributed by atoms with Crippen LogP contribution in [-0.4, -0.2) is 36.0 Å². The summed E-state index contributed by atoms with van der Waals surface area (Å²) in [5, 5.41) is 7.48. The number of benzene rings is 2. The highest BCUT2D eigenvalue weighted by molar-refractivity contribution is 9.10. The number of anilines is 1. The van der Waals surface area contributed by atoms with Gasteiger partial charge in [-0.25, -0.2) is 0 Å². The van der Waals surface area contributed by atoms with Crippen molar-refractivity contribution >= 4 is 62.7 Å². The van der Waals surface area contributed by atoms with E-state index in [1.165, 1.54) is 6.08 Å². The molecule has 3 rings (SSSR count). The second-order valence-electron chi connectivity index (χ2n) is 6.76. The molecule has 1 aliphatic heterocycles. The van der Waals surface area contributed by atoms with E-state index < -0.39 is 11.8 Å². The van der Waals surface area contributed by atoms with Gasteiger partial charge in [0.2, 0.25) is 0 Å². The van der Waals surface area contributed by atoms with E-state index in [1.807, 2.05) is 19.1 Å². The Balaban J connectivity index is 1.78. The Kier molecular flexibility index (Phi) is 7.60. The van der Waals surface area contributed by atoms with Crippen LogP contribution in [0.4, 0.5) is 5.69 Å². The fraction of sp³-hybridized carbons (Fsp3) is 0.182. The highest BCUT2D eigenvalue weighted by Gasteiger charge is 2.26. The van der Waals surface area contributed by atoms with Crippen molar-refractivity contribution in [1.82, 2.24) is 10.6 Å². The fourth-order valence-electron chi connectivity index (χ4n) is 2.82. The Hall–Kier alpha value is -3.24. The monoisotopic (exact) mass is 517 g/mol. The first-order chi connectivity index (χ1) is 15.3. The maximum Gasteiger partial charge on any atom is 0.263 e. The van der Waals surface area contributed by atoms with Gasteiger partial charge in [-0.05, 0) is 77.9 Å². The van der Waals surface area contributed by atoms with Crippen LogP contribution in [-0.2, 0) is 14.4 Å². The number of thiocarbonyl (C=S) groups is 1. The Bertz CT molecular complexity index is 1090. The second kappa shape index (κ2) is 10.4. The normalized spacial score (nSPS) is 13.2. The number of carbonyl (C=O) groups excluding carboxylic acids is 3. The topological polar surface area (TPSA) is 106 Å². The molecule has 1 saturated heterocycles. The van der Waals surface area contributed by atoms with Gasteiger partial charge in [0.15, 0.2) is 23.2 Å². The third-order valence-corrected chi connectivity index (χ3v) is 5.06. The number of amides is 3. The van der Waals surface area contributed by atoms with E-state index in [0.717, 1.165) is 5.56 Å². The molecule has 3 amide bonds. The third kappa shape index (κ3) is 5.92. The van der Waals surface area contributed by atoms with Crippen molar-refractivity contribution in [2.75, 3.05) is 18.5 Å². The van der Waals surface area contributed by atoms with E-state index in [0.29, 0.717) is 33.8 Å². The lowest BCUT2D eigenvalue weighted by Gasteiger charge is -2.17. The third-order valence-electron chi connectivity index (χ3n) is 4.27. The molecule has 2 aromatic rings. The molecule has 0 saturated carbocycles. The number of hydrogen-bond acceptors (Lipinski definition) is 6. The molecule has 0 aromatic heterocycles. The average Bonchev–Trinajstić information content (AvgIpc) is 2.72.